The van der Waals surface area contributed by atoms with Crippen molar-refractivity contribution in [1.82, 2.24) is 9.97 Å². The standard InChI is InChI=1S/C12H16N4/c1-9-7-12(16-8-11(9)13)15-6-4-10-3-2-5-14-10/h2-3,5,7-8,14H,4,6,13H2,1H3,(H,15,16). The van der Waals surface area contributed by atoms with Crippen molar-refractivity contribution in [3.8, 4) is 0 Å². The highest BCUT2D eigenvalue weighted by Gasteiger charge is 1.98. The van der Waals surface area contributed by atoms with Crippen LogP contribution in [0.3, 0.4) is 0 Å². The van der Waals surface area contributed by atoms with Crippen molar-refractivity contribution in [2.45, 2.75) is 13.3 Å². The molecule has 2 aromatic rings. The molecule has 84 valence electrons. The number of nitrogens with two attached hydrogens (primary N) is 1. The van der Waals surface area contributed by atoms with Crippen LogP contribution < -0.4 is 11.1 Å². The lowest BCUT2D eigenvalue weighted by atomic mass is 10.2. The van der Waals surface area contributed by atoms with Crippen molar-refractivity contribution in [2.24, 2.45) is 0 Å². The second-order valence-corrected chi connectivity index (χ2v) is 3.80. The number of pyridine rings is 1. The van der Waals surface area contributed by atoms with Gasteiger partial charge in [0.15, 0.2) is 0 Å². The minimum absolute atomic E-state index is 0.731. The van der Waals surface area contributed by atoms with Crippen LogP contribution in [0.5, 0.6) is 0 Å². The Labute approximate surface area is 94.9 Å². The summed E-state index contributed by atoms with van der Waals surface area (Å²) in [5, 5.41) is 3.26. The number of anilines is 2. The Kier molecular flexibility index (Phi) is 3.10. The Bertz CT molecular complexity index is 448. The van der Waals surface area contributed by atoms with Crippen molar-refractivity contribution in [2.75, 3.05) is 17.6 Å². The van der Waals surface area contributed by atoms with E-state index in [-0.39, 0.29) is 0 Å². The predicted molar refractivity (Wildman–Crippen MR) is 66.4 cm³/mol. The van der Waals surface area contributed by atoms with Crippen LogP contribution in [0.2, 0.25) is 0 Å². The Hall–Kier alpha value is -1.97. The zero-order valence-corrected chi connectivity index (χ0v) is 9.33. The third-order valence-electron chi connectivity index (χ3n) is 2.51. The molecule has 0 aliphatic heterocycles. The minimum atomic E-state index is 0.731. The van der Waals surface area contributed by atoms with Crippen LogP contribution in [0.1, 0.15) is 11.3 Å². The average Bonchev–Trinajstić information content (AvgIpc) is 2.76. The predicted octanol–water partition coefficient (Wildman–Crippen LogP) is 1.95. The van der Waals surface area contributed by atoms with E-state index in [1.54, 1.807) is 6.20 Å². The molecule has 0 saturated heterocycles. The maximum Gasteiger partial charge on any atom is 0.126 e. The molecule has 4 N–H and O–H groups in total. The third kappa shape index (κ3) is 2.53. The van der Waals surface area contributed by atoms with E-state index in [2.05, 4.69) is 21.4 Å². The lowest BCUT2D eigenvalue weighted by Gasteiger charge is -2.06. The van der Waals surface area contributed by atoms with Gasteiger partial charge in [-0.2, -0.15) is 0 Å². The summed E-state index contributed by atoms with van der Waals surface area (Å²) in [6.07, 6.45) is 4.57. The number of aromatic nitrogens is 2. The van der Waals surface area contributed by atoms with Gasteiger partial charge in [0.1, 0.15) is 5.82 Å². The van der Waals surface area contributed by atoms with E-state index in [4.69, 9.17) is 5.73 Å². The van der Waals surface area contributed by atoms with Gasteiger partial charge in [-0.25, -0.2) is 4.98 Å². The van der Waals surface area contributed by atoms with Crippen LogP contribution in [0, 0.1) is 6.92 Å². The summed E-state index contributed by atoms with van der Waals surface area (Å²) in [4.78, 5) is 7.38. The number of nitrogens with one attached hydrogen (secondary N) is 2. The molecule has 0 amide bonds. The molecule has 0 radical (unpaired) electrons. The normalized spacial score (nSPS) is 10.3. The summed E-state index contributed by atoms with van der Waals surface area (Å²) >= 11 is 0. The fourth-order valence-corrected chi connectivity index (χ4v) is 1.51. The second kappa shape index (κ2) is 4.70. The van der Waals surface area contributed by atoms with Crippen molar-refractivity contribution >= 4 is 11.5 Å². The quantitative estimate of drug-likeness (QED) is 0.731. The minimum Gasteiger partial charge on any atom is -0.397 e. The molecular weight excluding hydrogens is 200 g/mol. The molecule has 0 unspecified atom stereocenters. The fraction of sp³-hybridized carbons (Fsp3) is 0.250. The summed E-state index contributed by atoms with van der Waals surface area (Å²) in [7, 11) is 0. The van der Waals surface area contributed by atoms with Crippen LogP contribution in [-0.4, -0.2) is 16.5 Å². The van der Waals surface area contributed by atoms with Gasteiger partial charge < -0.3 is 16.0 Å². The number of aromatic amines is 1. The zero-order valence-electron chi connectivity index (χ0n) is 9.33. The second-order valence-electron chi connectivity index (χ2n) is 3.80. The Morgan fingerprint density at radius 2 is 2.38 bits per heavy atom. The van der Waals surface area contributed by atoms with E-state index in [9.17, 15) is 0 Å². The van der Waals surface area contributed by atoms with Gasteiger partial charge in [0.2, 0.25) is 0 Å². The Morgan fingerprint density at radius 1 is 1.50 bits per heavy atom. The molecule has 0 aromatic carbocycles. The van der Waals surface area contributed by atoms with Crippen molar-refractivity contribution < 1.29 is 0 Å². The van der Waals surface area contributed by atoms with Crippen LogP contribution in [0.25, 0.3) is 0 Å². The third-order valence-corrected chi connectivity index (χ3v) is 2.51. The zero-order chi connectivity index (χ0) is 11.4. The lowest BCUT2D eigenvalue weighted by molar-refractivity contribution is 0.968. The highest BCUT2D eigenvalue weighted by molar-refractivity contribution is 5.50. The maximum absolute atomic E-state index is 5.70. The highest BCUT2D eigenvalue weighted by Crippen LogP contribution is 2.12. The summed E-state index contributed by atoms with van der Waals surface area (Å²) < 4.78 is 0. The molecule has 0 aliphatic carbocycles. The topological polar surface area (TPSA) is 66.7 Å². The first kappa shape index (κ1) is 10.5. The fourth-order valence-electron chi connectivity index (χ4n) is 1.51. The van der Waals surface area contributed by atoms with E-state index < -0.39 is 0 Å². The van der Waals surface area contributed by atoms with E-state index in [0.29, 0.717) is 0 Å². The molecule has 2 aromatic heterocycles. The monoisotopic (exact) mass is 216 g/mol. The summed E-state index contributed by atoms with van der Waals surface area (Å²) in [5.74, 6) is 0.873. The number of hydrogen-bond acceptors (Lipinski definition) is 3. The molecule has 0 fully saturated rings. The van der Waals surface area contributed by atoms with Crippen molar-refractivity contribution in [3.63, 3.8) is 0 Å². The summed E-state index contributed by atoms with van der Waals surface area (Å²) in [6.45, 7) is 2.84. The van der Waals surface area contributed by atoms with Gasteiger partial charge in [-0.15, -0.1) is 0 Å². The first-order valence-corrected chi connectivity index (χ1v) is 5.34. The van der Waals surface area contributed by atoms with Crippen LogP contribution in [0.15, 0.2) is 30.6 Å². The van der Waals surface area contributed by atoms with E-state index in [1.165, 1.54) is 5.69 Å². The molecule has 4 heteroatoms. The van der Waals surface area contributed by atoms with Gasteiger partial charge in [0.05, 0.1) is 11.9 Å². The Morgan fingerprint density at radius 3 is 3.06 bits per heavy atom. The SMILES string of the molecule is Cc1cc(NCCc2ccc[nH]2)ncc1N. The van der Waals surface area contributed by atoms with Gasteiger partial charge in [-0.3, -0.25) is 0 Å². The lowest BCUT2D eigenvalue weighted by Crippen LogP contribution is -2.07. The molecular formula is C12H16N4. The molecule has 0 spiro atoms. The largest absolute Gasteiger partial charge is 0.397 e. The summed E-state index contributed by atoms with van der Waals surface area (Å²) in [5.41, 5.74) is 8.71. The van der Waals surface area contributed by atoms with E-state index >= 15 is 0 Å². The number of aryl methyl sites for hydroxylation is 1. The maximum atomic E-state index is 5.70. The van der Waals surface area contributed by atoms with Crippen LogP contribution >= 0.6 is 0 Å². The van der Waals surface area contributed by atoms with Gasteiger partial charge in [-0.1, -0.05) is 0 Å². The Balaban J connectivity index is 1.87. The number of H-pyrrole nitrogens is 1. The molecule has 4 nitrogen and oxygen atoms in total. The molecule has 16 heavy (non-hydrogen) atoms. The number of nitrogens with zero attached hydrogens (tertiary/aromatic N) is 1. The van der Waals surface area contributed by atoms with E-state index in [1.807, 2.05) is 25.3 Å². The number of nitrogen functional groups attached to an aromatic ring is 1. The molecule has 0 atom stereocenters. The average molecular weight is 216 g/mol. The van der Waals surface area contributed by atoms with Gasteiger partial charge >= 0.3 is 0 Å². The first-order chi connectivity index (χ1) is 7.75. The van der Waals surface area contributed by atoms with Gasteiger partial charge in [-0.05, 0) is 30.7 Å². The van der Waals surface area contributed by atoms with Gasteiger partial charge in [0, 0.05) is 24.9 Å². The summed E-state index contributed by atoms with van der Waals surface area (Å²) in [6, 6.07) is 6.04. The van der Waals surface area contributed by atoms with Crippen molar-refractivity contribution in [3.05, 3.63) is 41.9 Å². The van der Waals surface area contributed by atoms with Crippen LogP contribution in [0.4, 0.5) is 11.5 Å². The molecule has 2 heterocycles. The van der Waals surface area contributed by atoms with Gasteiger partial charge in [0.25, 0.3) is 0 Å². The molecule has 2 rings (SSSR count). The highest BCUT2D eigenvalue weighted by atomic mass is 15.0. The van der Waals surface area contributed by atoms with Crippen molar-refractivity contribution in [1.29, 1.82) is 0 Å². The number of rotatable bonds is 4. The molecule has 0 saturated carbocycles. The molecule has 0 bridgehead atoms. The van der Waals surface area contributed by atoms with Crippen LogP contribution in [-0.2, 0) is 6.42 Å². The first-order valence-electron chi connectivity index (χ1n) is 5.34. The smallest absolute Gasteiger partial charge is 0.126 e. The molecule has 0 aliphatic rings. The number of hydrogen-bond donors (Lipinski definition) is 3. The van der Waals surface area contributed by atoms with E-state index in [0.717, 1.165) is 30.0 Å².